The molecule has 1 fully saturated rings. The molecule has 0 spiro atoms. The van der Waals surface area contributed by atoms with E-state index in [1.54, 1.807) is 4.90 Å². The van der Waals surface area contributed by atoms with Crippen LogP contribution >= 0.6 is 11.3 Å². The van der Waals surface area contributed by atoms with Crippen molar-refractivity contribution in [3.8, 4) is 0 Å². The summed E-state index contributed by atoms with van der Waals surface area (Å²) in [6, 6.07) is 9.89. The minimum absolute atomic E-state index is 0.00875. The largest absolute Gasteiger partial charge is 0.469 e. The number of benzene rings is 1. The molecule has 0 N–H and O–H groups in total. The number of rotatable bonds is 2. The normalized spacial score (nSPS) is 21.7. The van der Waals surface area contributed by atoms with Crippen LogP contribution in [0.15, 0.2) is 30.3 Å². The van der Waals surface area contributed by atoms with E-state index in [4.69, 9.17) is 4.74 Å². The maximum absolute atomic E-state index is 12.6. The van der Waals surface area contributed by atoms with Gasteiger partial charge in [0.25, 0.3) is 5.91 Å². The number of carbonyl (C=O) groups is 2. The molecular formula is C16H17NO3S. The van der Waals surface area contributed by atoms with Gasteiger partial charge in [-0.05, 0) is 23.4 Å². The maximum Gasteiger partial charge on any atom is 0.310 e. The lowest BCUT2D eigenvalue weighted by molar-refractivity contribution is -0.146. The number of amides is 1. The highest BCUT2D eigenvalue weighted by Gasteiger charge is 2.38. The fourth-order valence-electron chi connectivity index (χ4n) is 2.83. The first-order valence-electron chi connectivity index (χ1n) is 6.96. The predicted molar refractivity (Wildman–Crippen MR) is 82.4 cm³/mol. The number of hydrogen-bond donors (Lipinski definition) is 0. The SMILES string of the molecule is COC(=O)C1CN(C(=O)c2cc3ccccc3s2)CC1C. The molecule has 1 aromatic heterocycles. The van der Waals surface area contributed by atoms with Crippen LogP contribution in [0.25, 0.3) is 10.1 Å². The Kier molecular flexibility index (Phi) is 3.68. The van der Waals surface area contributed by atoms with Crippen molar-refractivity contribution in [2.75, 3.05) is 20.2 Å². The van der Waals surface area contributed by atoms with Crippen LogP contribution < -0.4 is 0 Å². The third-order valence-corrected chi connectivity index (χ3v) is 5.14. The van der Waals surface area contributed by atoms with E-state index in [0.29, 0.717) is 13.1 Å². The molecule has 2 aromatic rings. The van der Waals surface area contributed by atoms with Crippen LogP contribution in [0.1, 0.15) is 16.6 Å². The molecule has 2 unspecified atom stereocenters. The fraction of sp³-hybridized carbons (Fsp3) is 0.375. The number of likely N-dealkylation sites (tertiary alicyclic amines) is 1. The molecule has 3 rings (SSSR count). The molecule has 0 saturated carbocycles. The van der Waals surface area contributed by atoms with Crippen LogP contribution in [0.3, 0.4) is 0 Å². The molecule has 21 heavy (non-hydrogen) atoms. The summed E-state index contributed by atoms with van der Waals surface area (Å²) in [5.74, 6) is -0.298. The molecule has 0 radical (unpaired) electrons. The molecule has 4 nitrogen and oxygen atoms in total. The van der Waals surface area contributed by atoms with Crippen LogP contribution in [0, 0.1) is 11.8 Å². The van der Waals surface area contributed by atoms with Crippen molar-refractivity contribution >= 4 is 33.3 Å². The minimum atomic E-state index is -0.228. The monoisotopic (exact) mass is 303 g/mol. The van der Waals surface area contributed by atoms with Gasteiger partial charge in [0.15, 0.2) is 0 Å². The van der Waals surface area contributed by atoms with Crippen molar-refractivity contribution in [1.29, 1.82) is 0 Å². The Morgan fingerprint density at radius 3 is 2.76 bits per heavy atom. The number of nitrogens with zero attached hydrogens (tertiary/aromatic N) is 1. The number of methoxy groups -OCH3 is 1. The van der Waals surface area contributed by atoms with Crippen LogP contribution in [0.4, 0.5) is 0 Å². The zero-order valence-corrected chi connectivity index (χ0v) is 12.9. The van der Waals surface area contributed by atoms with Gasteiger partial charge in [0.05, 0.1) is 17.9 Å². The molecular weight excluding hydrogens is 286 g/mol. The summed E-state index contributed by atoms with van der Waals surface area (Å²) in [5.41, 5.74) is 0. The van der Waals surface area contributed by atoms with Crippen molar-refractivity contribution in [2.45, 2.75) is 6.92 Å². The lowest BCUT2D eigenvalue weighted by atomic mass is 9.99. The summed E-state index contributed by atoms with van der Waals surface area (Å²) in [7, 11) is 1.39. The molecule has 0 bridgehead atoms. The summed E-state index contributed by atoms with van der Waals surface area (Å²) in [5, 5.41) is 1.09. The van der Waals surface area contributed by atoms with Crippen LogP contribution in [0.5, 0.6) is 0 Å². The number of thiophene rings is 1. The molecule has 2 atom stereocenters. The number of hydrogen-bond acceptors (Lipinski definition) is 4. The number of fused-ring (bicyclic) bond motifs is 1. The molecule has 1 saturated heterocycles. The molecule has 110 valence electrons. The zero-order valence-electron chi connectivity index (χ0n) is 12.0. The highest BCUT2D eigenvalue weighted by atomic mass is 32.1. The summed E-state index contributed by atoms with van der Waals surface area (Å²) in [6.07, 6.45) is 0. The molecule has 1 aliphatic rings. The topological polar surface area (TPSA) is 46.6 Å². The zero-order chi connectivity index (χ0) is 15.0. The second kappa shape index (κ2) is 5.48. The van der Waals surface area contributed by atoms with Crippen LogP contribution in [-0.4, -0.2) is 37.0 Å². The van der Waals surface area contributed by atoms with Crippen LogP contribution in [-0.2, 0) is 9.53 Å². The van der Waals surface area contributed by atoms with Crippen LogP contribution in [0.2, 0.25) is 0 Å². The number of esters is 1. The Balaban J connectivity index is 1.81. The van der Waals surface area contributed by atoms with E-state index in [2.05, 4.69) is 0 Å². The van der Waals surface area contributed by atoms with E-state index in [9.17, 15) is 9.59 Å². The summed E-state index contributed by atoms with van der Waals surface area (Å²) in [4.78, 5) is 26.8. The second-order valence-electron chi connectivity index (χ2n) is 5.47. The Bertz CT molecular complexity index is 661. The van der Waals surface area contributed by atoms with Gasteiger partial charge in [-0.3, -0.25) is 9.59 Å². The smallest absolute Gasteiger partial charge is 0.310 e. The average molecular weight is 303 g/mol. The van der Waals surface area contributed by atoms with E-state index in [0.717, 1.165) is 15.0 Å². The second-order valence-corrected chi connectivity index (χ2v) is 6.55. The average Bonchev–Trinajstić information content (AvgIpc) is 3.09. The van der Waals surface area contributed by atoms with Gasteiger partial charge in [-0.15, -0.1) is 11.3 Å². The maximum atomic E-state index is 12.6. The number of ether oxygens (including phenoxy) is 1. The third-order valence-electron chi connectivity index (χ3n) is 4.04. The molecule has 2 heterocycles. The van der Waals surface area contributed by atoms with Gasteiger partial charge in [0, 0.05) is 17.8 Å². The van der Waals surface area contributed by atoms with E-state index in [-0.39, 0.29) is 23.7 Å². The van der Waals surface area contributed by atoms with E-state index in [1.807, 2.05) is 37.3 Å². The predicted octanol–water partition coefficient (Wildman–Crippen LogP) is 2.78. The number of carbonyl (C=O) groups excluding carboxylic acids is 2. The van der Waals surface area contributed by atoms with Gasteiger partial charge in [-0.25, -0.2) is 0 Å². The van der Waals surface area contributed by atoms with Gasteiger partial charge in [0.1, 0.15) is 0 Å². The molecule has 0 aliphatic carbocycles. The standard InChI is InChI=1S/C16H17NO3S/c1-10-8-17(9-12(10)16(19)20-2)15(18)14-7-11-5-3-4-6-13(11)21-14/h3-7,10,12H,8-9H2,1-2H3. The lowest BCUT2D eigenvalue weighted by Gasteiger charge is -2.14. The summed E-state index contributed by atoms with van der Waals surface area (Å²) >= 11 is 1.50. The first kappa shape index (κ1) is 14.1. The van der Waals surface area contributed by atoms with Crippen molar-refractivity contribution < 1.29 is 14.3 Å². The van der Waals surface area contributed by atoms with Gasteiger partial charge in [-0.1, -0.05) is 25.1 Å². The minimum Gasteiger partial charge on any atom is -0.469 e. The van der Waals surface area contributed by atoms with Gasteiger partial charge < -0.3 is 9.64 Å². The van der Waals surface area contributed by atoms with Crippen molar-refractivity contribution in [3.05, 3.63) is 35.2 Å². The lowest BCUT2D eigenvalue weighted by Crippen LogP contribution is -2.29. The molecule has 1 aromatic carbocycles. The first-order chi connectivity index (χ1) is 10.1. The molecule has 1 amide bonds. The Morgan fingerprint density at radius 1 is 1.29 bits per heavy atom. The van der Waals surface area contributed by atoms with E-state index < -0.39 is 0 Å². The Labute approximate surface area is 127 Å². The van der Waals surface area contributed by atoms with E-state index >= 15 is 0 Å². The van der Waals surface area contributed by atoms with E-state index in [1.165, 1.54) is 18.4 Å². The molecule has 1 aliphatic heterocycles. The summed E-state index contributed by atoms with van der Waals surface area (Å²) < 4.78 is 5.92. The van der Waals surface area contributed by atoms with Crippen molar-refractivity contribution in [2.24, 2.45) is 11.8 Å². The Hall–Kier alpha value is -1.88. The third kappa shape index (κ3) is 2.53. The van der Waals surface area contributed by atoms with Gasteiger partial charge >= 0.3 is 5.97 Å². The Morgan fingerprint density at radius 2 is 2.05 bits per heavy atom. The van der Waals surface area contributed by atoms with Crippen molar-refractivity contribution in [3.63, 3.8) is 0 Å². The molecule has 5 heteroatoms. The first-order valence-corrected chi connectivity index (χ1v) is 7.77. The quantitative estimate of drug-likeness (QED) is 0.802. The fourth-order valence-corrected chi connectivity index (χ4v) is 3.86. The highest BCUT2D eigenvalue weighted by Crippen LogP contribution is 2.30. The highest BCUT2D eigenvalue weighted by molar-refractivity contribution is 7.20. The summed E-state index contributed by atoms with van der Waals surface area (Å²) in [6.45, 7) is 3.04. The van der Waals surface area contributed by atoms with Gasteiger partial charge in [0.2, 0.25) is 0 Å². The van der Waals surface area contributed by atoms with Gasteiger partial charge in [-0.2, -0.15) is 0 Å². The van der Waals surface area contributed by atoms with Crippen molar-refractivity contribution in [1.82, 2.24) is 4.90 Å².